The van der Waals surface area contributed by atoms with Gasteiger partial charge in [-0.25, -0.2) is 4.98 Å². The van der Waals surface area contributed by atoms with E-state index in [1.165, 1.54) is 19.3 Å². The minimum atomic E-state index is 0.0622. The summed E-state index contributed by atoms with van der Waals surface area (Å²) in [6, 6.07) is 8.48. The first-order chi connectivity index (χ1) is 13.9. The Morgan fingerprint density at radius 1 is 1.07 bits per heavy atom. The van der Waals surface area contributed by atoms with Crippen LogP contribution in [0.1, 0.15) is 44.4 Å². The first-order valence-corrected chi connectivity index (χ1v) is 10.6. The van der Waals surface area contributed by atoms with E-state index in [4.69, 9.17) is 9.72 Å². The number of aromatic nitrogens is 2. The van der Waals surface area contributed by atoms with Crippen molar-refractivity contribution in [2.24, 2.45) is 11.8 Å². The minimum Gasteiger partial charge on any atom is -0.497 e. The summed E-state index contributed by atoms with van der Waals surface area (Å²) in [5.41, 5.74) is 2.62. The van der Waals surface area contributed by atoms with Crippen LogP contribution in [0.15, 0.2) is 29.1 Å². The van der Waals surface area contributed by atoms with Gasteiger partial charge in [0.2, 0.25) is 5.95 Å². The smallest absolute Gasteiger partial charge is 0.259 e. The van der Waals surface area contributed by atoms with Crippen molar-refractivity contribution in [3.8, 4) is 5.75 Å². The zero-order chi connectivity index (χ0) is 20.7. The van der Waals surface area contributed by atoms with Crippen LogP contribution in [-0.2, 0) is 6.67 Å². The average molecular weight is 397 g/mol. The molecule has 0 spiro atoms. The summed E-state index contributed by atoms with van der Waals surface area (Å²) in [7, 11) is 1.67. The van der Waals surface area contributed by atoms with Crippen LogP contribution in [0.4, 0.5) is 11.6 Å². The lowest BCUT2D eigenvalue weighted by Gasteiger charge is -2.46. The summed E-state index contributed by atoms with van der Waals surface area (Å²) < 4.78 is 7.17. The Hall–Kier alpha value is -2.34. The highest BCUT2D eigenvalue weighted by atomic mass is 16.5. The van der Waals surface area contributed by atoms with Crippen LogP contribution in [0.25, 0.3) is 0 Å². The molecule has 6 heteroatoms. The van der Waals surface area contributed by atoms with Crippen molar-refractivity contribution in [2.75, 3.05) is 18.7 Å². The highest BCUT2D eigenvalue weighted by molar-refractivity contribution is 5.59. The number of benzene rings is 1. The van der Waals surface area contributed by atoms with Crippen molar-refractivity contribution < 1.29 is 4.74 Å². The first-order valence-electron chi connectivity index (χ1n) is 10.6. The third kappa shape index (κ3) is 3.54. The van der Waals surface area contributed by atoms with Crippen molar-refractivity contribution in [1.82, 2.24) is 14.5 Å². The van der Waals surface area contributed by atoms with Gasteiger partial charge in [0, 0.05) is 23.0 Å². The van der Waals surface area contributed by atoms with E-state index >= 15 is 0 Å². The molecule has 2 aromatic rings. The lowest BCUT2D eigenvalue weighted by atomic mass is 9.77. The van der Waals surface area contributed by atoms with Gasteiger partial charge < -0.3 is 4.74 Å². The fourth-order valence-corrected chi connectivity index (χ4v) is 4.79. The van der Waals surface area contributed by atoms with Crippen LogP contribution < -0.4 is 15.2 Å². The molecule has 1 fully saturated rings. The largest absolute Gasteiger partial charge is 0.497 e. The Bertz CT molecular complexity index is 937. The van der Waals surface area contributed by atoms with Gasteiger partial charge in [-0.1, -0.05) is 26.7 Å². The first kappa shape index (κ1) is 20.0. The molecule has 0 N–H and O–H groups in total. The van der Waals surface area contributed by atoms with Gasteiger partial charge in [0.05, 0.1) is 20.4 Å². The molecular weight excluding hydrogens is 364 g/mol. The number of methoxy groups -OCH3 is 1. The third-order valence-electron chi connectivity index (χ3n) is 7.02. The van der Waals surface area contributed by atoms with Crippen molar-refractivity contribution in [3.63, 3.8) is 0 Å². The number of rotatable bonds is 3. The maximum atomic E-state index is 13.1. The number of nitrogens with zero attached hydrogens (tertiary/aromatic N) is 4. The molecule has 1 saturated carbocycles. The molecule has 0 bridgehead atoms. The van der Waals surface area contributed by atoms with E-state index in [1.807, 2.05) is 42.7 Å². The van der Waals surface area contributed by atoms with Gasteiger partial charge in [-0.15, -0.1) is 0 Å². The quantitative estimate of drug-likeness (QED) is 0.783. The summed E-state index contributed by atoms with van der Waals surface area (Å²) >= 11 is 0. The van der Waals surface area contributed by atoms with Gasteiger partial charge >= 0.3 is 0 Å². The van der Waals surface area contributed by atoms with Gasteiger partial charge in [0.25, 0.3) is 5.56 Å². The molecule has 6 nitrogen and oxygen atoms in total. The van der Waals surface area contributed by atoms with Crippen LogP contribution >= 0.6 is 0 Å². The molecular formula is C23H32N4O2. The lowest BCUT2D eigenvalue weighted by Crippen LogP contribution is -2.54. The Kier molecular flexibility index (Phi) is 5.38. The second-order valence-corrected chi connectivity index (χ2v) is 8.69. The van der Waals surface area contributed by atoms with E-state index in [0.717, 1.165) is 35.3 Å². The summed E-state index contributed by atoms with van der Waals surface area (Å²) in [5, 5.41) is 0. The molecule has 2 heterocycles. The van der Waals surface area contributed by atoms with E-state index in [-0.39, 0.29) is 5.56 Å². The second kappa shape index (κ2) is 7.82. The Labute approximate surface area is 173 Å². The SMILES string of the molecule is COc1ccc(N2CN(C3CCCC(C)C3C)Cn3c2nc(C)c(C)c3=O)cc1. The highest BCUT2D eigenvalue weighted by Crippen LogP contribution is 2.36. The molecule has 3 unspecified atom stereocenters. The van der Waals surface area contributed by atoms with Crippen molar-refractivity contribution in [2.45, 2.75) is 59.7 Å². The molecule has 3 atom stereocenters. The number of hydrogen-bond acceptors (Lipinski definition) is 5. The lowest BCUT2D eigenvalue weighted by molar-refractivity contribution is 0.0491. The van der Waals surface area contributed by atoms with Gasteiger partial charge in [-0.2, -0.15) is 0 Å². The molecule has 1 aliphatic carbocycles. The number of anilines is 2. The Morgan fingerprint density at radius 3 is 2.48 bits per heavy atom. The topological polar surface area (TPSA) is 50.6 Å². The summed E-state index contributed by atoms with van der Waals surface area (Å²) in [6.45, 7) is 9.86. The second-order valence-electron chi connectivity index (χ2n) is 8.69. The molecule has 29 heavy (non-hydrogen) atoms. The number of fused-ring (bicyclic) bond motifs is 1. The minimum absolute atomic E-state index is 0.0622. The summed E-state index contributed by atoms with van der Waals surface area (Å²) in [4.78, 5) is 22.6. The van der Waals surface area contributed by atoms with E-state index < -0.39 is 0 Å². The van der Waals surface area contributed by atoms with Crippen LogP contribution in [0.5, 0.6) is 5.75 Å². The Morgan fingerprint density at radius 2 is 1.79 bits per heavy atom. The van der Waals surface area contributed by atoms with E-state index in [0.29, 0.717) is 24.5 Å². The number of ether oxygens (including phenoxy) is 1. The fraction of sp³-hybridized carbons (Fsp3) is 0.565. The van der Waals surface area contributed by atoms with Crippen molar-refractivity contribution in [3.05, 3.63) is 45.9 Å². The van der Waals surface area contributed by atoms with Crippen LogP contribution in [-0.4, -0.2) is 34.3 Å². The fourth-order valence-electron chi connectivity index (χ4n) is 4.79. The van der Waals surface area contributed by atoms with Gasteiger partial charge in [-0.3, -0.25) is 19.2 Å². The molecule has 0 radical (unpaired) electrons. The van der Waals surface area contributed by atoms with Gasteiger partial charge in [0.1, 0.15) is 5.75 Å². The zero-order valence-electron chi connectivity index (χ0n) is 18.2. The van der Waals surface area contributed by atoms with Crippen LogP contribution in [0.2, 0.25) is 0 Å². The highest BCUT2D eigenvalue weighted by Gasteiger charge is 2.36. The number of aryl methyl sites for hydroxylation is 1. The zero-order valence-corrected chi connectivity index (χ0v) is 18.2. The number of hydrogen-bond donors (Lipinski definition) is 0. The molecule has 1 aromatic heterocycles. The third-order valence-corrected chi connectivity index (χ3v) is 7.02. The predicted octanol–water partition coefficient (Wildman–Crippen LogP) is 4.06. The molecule has 1 aromatic carbocycles. The Balaban J connectivity index is 1.78. The van der Waals surface area contributed by atoms with Gasteiger partial charge in [-0.05, 0) is 56.4 Å². The monoisotopic (exact) mass is 396 g/mol. The maximum absolute atomic E-state index is 13.1. The van der Waals surface area contributed by atoms with Gasteiger partial charge in [0.15, 0.2) is 0 Å². The van der Waals surface area contributed by atoms with E-state index in [9.17, 15) is 4.79 Å². The average Bonchev–Trinajstić information content (AvgIpc) is 2.74. The normalized spacial score (nSPS) is 25.0. The predicted molar refractivity (Wildman–Crippen MR) is 116 cm³/mol. The molecule has 2 aliphatic rings. The van der Waals surface area contributed by atoms with E-state index in [2.05, 4.69) is 23.6 Å². The molecule has 0 saturated heterocycles. The van der Waals surface area contributed by atoms with E-state index in [1.54, 1.807) is 7.11 Å². The standard InChI is InChI=1S/C23H32N4O2/c1-15-7-6-8-21(16(15)2)25-13-26(19-9-11-20(29-5)12-10-19)23-24-18(4)17(3)22(28)27(23)14-25/h9-12,15-16,21H,6-8,13-14H2,1-5H3. The molecule has 0 amide bonds. The summed E-state index contributed by atoms with van der Waals surface area (Å²) in [6.07, 6.45) is 3.73. The van der Waals surface area contributed by atoms with Crippen LogP contribution in [0.3, 0.4) is 0 Å². The van der Waals surface area contributed by atoms with Crippen molar-refractivity contribution in [1.29, 1.82) is 0 Å². The maximum Gasteiger partial charge on any atom is 0.259 e. The molecule has 4 rings (SSSR count). The van der Waals surface area contributed by atoms with Crippen LogP contribution in [0, 0.1) is 25.7 Å². The van der Waals surface area contributed by atoms with Crippen molar-refractivity contribution >= 4 is 11.6 Å². The molecule has 1 aliphatic heterocycles. The summed E-state index contributed by atoms with van der Waals surface area (Å²) in [5.74, 6) is 2.87. The molecule has 156 valence electrons.